The highest BCUT2D eigenvalue weighted by Gasteiger charge is 2.19. The van der Waals surface area contributed by atoms with E-state index in [2.05, 4.69) is 76.9 Å². The number of aromatic nitrogens is 1. The van der Waals surface area contributed by atoms with E-state index in [4.69, 9.17) is 9.72 Å². The highest BCUT2D eigenvalue weighted by molar-refractivity contribution is 7.97. The van der Waals surface area contributed by atoms with Gasteiger partial charge in [0.25, 0.3) is 0 Å². The number of nitrogens with zero attached hydrogens (tertiary/aromatic N) is 3. The molecule has 1 saturated heterocycles. The Morgan fingerprint density at radius 2 is 1.57 bits per heavy atom. The molecule has 2 heterocycles. The van der Waals surface area contributed by atoms with Crippen molar-refractivity contribution >= 4 is 29.3 Å². The lowest BCUT2D eigenvalue weighted by molar-refractivity contribution is 0.414. The van der Waals surface area contributed by atoms with Crippen LogP contribution in [0.1, 0.15) is 11.1 Å². The molecule has 5 nitrogen and oxygen atoms in total. The number of rotatable bonds is 6. The molecule has 4 rings (SSSR count). The highest BCUT2D eigenvalue weighted by Crippen LogP contribution is 2.28. The van der Waals surface area contributed by atoms with Crippen LogP contribution in [-0.4, -0.2) is 42.6 Å². The Morgan fingerprint density at radius 3 is 2.23 bits per heavy atom. The fourth-order valence-corrected chi connectivity index (χ4v) is 4.36. The number of hydrogen-bond donors (Lipinski definition) is 1. The highest BCUT2D eigenvalue weighted by atomic mass is 32.2. The molecule has 0 unspecified atom stereocenters. The summed E-state index contributed by atoms with van der Waals surface area (Å²) in [6, 6.07) is 20.9. The van der Waals surface area contributed by atoms with E-state index in [-0.39, 0.29) is 0 Å². The Labute approximate surface area is 183 Å². The summed E-state index contributed by atoms with van der Waals surface area (Å²) in [6.07, 6.45) is 0. The summed E-state index contributed by atoms with van der Waals surface area (Å²) in [7, 11) is 1.70. The van der Waals surface area contributed by atoms with Crippen molar-refractivity contribution in [1.82, 2.24) is 9.29 Å². The molecule has 0 atom stereocenters. The number of piperazine rings is 1. The SMILES string of the molecule is COc1ccc(SN2CCN(c3cc(C)cc(Nc4ccc(C)cc4)n3)CC2)cc1. The molecule has 1 fully saturated rings. The van der Waals surface area contributed by atoms with E-state index in [1.165, 1.54) is 16.0 Å². The van der Waals surface area contributed by atoms with Crippen molar-refractivity contribution in [3.63, 3.8) is 0 Å². The quantitative estimate of drug-likeness (QED) is 0.547. The summed E-state index contributed by atoms with van der Waals surface area (Å²) in [5, 5.41) is 3.44. The van der Waals surface area contributed by atoms with Crippen molar-refractivity contribution in [3.8, 4) is 5.75 Å². The molecule has 0 radical (unpaired) electrons. The van der Waals surface area contributed by atoms with Gasteiger partial charge in [0.1, 0.15) is 17.4 Å². The Balaban J connectivity index is 1.37. The van der Waals surface area contributed by atoms with Gasteiger partial charge in [-0.2, -0.15) is 0 Å². The van der Waals surface area contributed by atoms with Crippen molar-refractivity contribution in [3.05, 3.63) is 71.8 Å². The van der Waals surface area contributed by atoms with Crippen molar-refractivity contribution in [1.29, 1.82) is 0 Å². The Morgan fingerprint density at radius 1 is 0.867 bits per heavy atom. The first-order chi connectivity index (χ1) is 14.6. The van der Waals surface area contributed by atoms with E-state index in [0.717, 1.165) is 49.3 Å². The van der Waals surface area contributed by atoms with Gasteiger partial charge >= 0.3 is 0 Å². The molecule has 0 spiro atoms. The number of nitrogens with one attached hydrogen (secondary N) is 1. The number of ether oxygens (including phenoxy) is 1. The fraction of sp³-hybridized carbons (Fsp3) is 0.292. The maximum Gasteiger partial charge on any atom is 0.133 e. The van der Waals surface area contributed by atoms with Gasteiger partial charge in [-0.3, -0.25) is 0 Å². The summed E-state index contributed by atoms with van der Waals surface area (Å²) >= 11 is 1.81. The maximum atomic E-state index is 5.24. The first kappa shape index (κ1) is 20.6. The van der Waals surface area contributed by atoms with Gasteiger partial charge in [-0.05, 0) is 79.9 Å². The standard InChI is InChI=1S/C24H28N4OS/c1-18-4-6-20(7-5-18)25-23-16-19(2)17-24(26-23)27-12-14-28(15-13-27)30-22-10-8-21(29-3)9-11-22/h4-11,16-17H,12-15H2,1-3H3,(H,25,26). The van der Waals surface area contributed by atoms with Crippen molar-refractivity contribution in [2.24, 2.45) is 0 Å². The molecule has 0 aliphatic carbocycles. The average Bonchev–Trinajstić information content (AvgIpc) is 2.76. The van der Waals surface area contributed by atoms with E-state index >= 15 is 0 Å². The molecule has 0 saturated carbocycles. The normalized spacial score (nSPS) is 14.6. The number of aryl methyl sites for hydroxylation is 2. The van der Waals surface area contributed by atoms with Gasteiger partial charge in [0.05, 0.1) is 7.11 Å². The monoisotopic (exact) mass is 420 g/mol. The van der Waals surface area contributed by atoms with E-state index in [9.17, 15) is 0 Å². The van der Waals surface area contributed by atoms with Gasteiger partial charge in [0.2, 0.25) is 0 Å². The van der Waals surface area contributed by atoms with Gasteiger partial charge in [0.15, 0.2) is 0 Å². The van der Waals surface area contributed by atoms with E-state index in [1.54, 1.807) is 7.11 Å². The number of anilines is 3. The molecule has 6 heteroatoms. The molecule has 30 heavy (non-hydrogen) atoms. The lowest BCUT2D eigenvalue weighted by Crippen LogP contribution is -2.43. The molecule has 0 amide bonds. The molecule has 3 aromatic rings. The summed E-state index contributed by atoms with van der Waals surface area (Å²) < 4.78 is 7.66. The van der Waals surface area contributed by atoms with Crippen LogP contribution in [0.2, 0.25) is 0 Å². The van der Waals surface area contributed by atoms with Crippen LogP contribution in [0.25, 0.3) is 0 Å². The first-order valence-electron chi connectivity index (χ1n) is 10.2. The molecule has 1 N–H and O–H groups in total. The third-order valence-electron chi connectivity index (χ3n) is 5.14. The first-order valence-corrected chi connectivity index (χ1v) is 11.0. The second-order valence-corrected chi connectivity index (χ2v) is 8.73. The van der Waals surface area contributed by atoms with Crippen LogP contribution in [0.4, 0.5) is 17.3 Å². The maximum absolute atomic E-state index is 5.24. The molecule has 1 aliphatic heterocycles. The second-order valence-electron chi connectivity index (χ2n) is 7.56. The Bertz CT molecular complexity index is 968. The van der Waals surface area contributed by atoms with E-state index in [1.807, 2.05) is 24.1 Å². The predicted molar refractivity (Wildman–Crippen MR) is 126 cm³/mol. The summed E-state index contributed by atoms with van der Waals surface area (Å²) in [5.41, 5.74) is 3.53. The molecule has 0 bridgehead atoms. The number of benzene rings is 2. The van der Waals surface area contributed by atoms with E-state index in [0.29, 0.717) is 0 Å². The van der Waals surface area contributed by atoms with Crippen LogP contribution in [0, 0.1) is 13.8 Å². The molecule has 156 valence electrons. The minimum atomic E-state index is 0.892. The summed E-state index contributed by atoms with van der Waals surface area (Å²) in [6.45, 7) is 8.13. The predicted octanol–water partition coefficient (Wildman–Crippen LogP) is 5.28. The number of pyridine rings is 1. The van der Waals surface area contributed by atoms with E-state index < -0.39 is 0 Å². The van der Waals surface area contributed by atoms with Gasteiger partial charge in [0, 0.05) is 36.8 Å². The minimum Gasteiger partial charge on any atom is -0.497 e. The molecular formula is C24H28N4OS. The van der Waals surface area contributed by atoms with Crippen LogP contribution in [0.3, 0.4) is 0 Å². The minimum absolute atomic E-state index is 0.892. The third kappa shape index (κ3) is 5.26. The Hall–Kier alpha value is -2.70. The average molecular weight is 421 g/mol. The van der Waals surface area contributed by atoms with Crippen LogP contribution in [0.5, 0.6) is 5.75 Å². The molecular weight excluding hydrogens is 392 g/mol. The summed E-state index contributed by atoms with van der Waals surface area (Å²) in [5.74, 6) is 2.83. The number of hydrogen-bond acceptors (Lipinski definition) is 6. The van der Waals surface area contributed by atoms with Crippen LogP contribution < -0.4 is 15.0 Å². The zero-order valence-electron chi connectivity index (χ0n) is 17.8. The molecule has 1 aromatic heterocycles. The third-order valence-corrected chi connectivity index (χ3v) is 6.24. The van der Waals surface area contributed by atoms with Crippen LogP contribution >= 0.6 is 11.9 Å². The molecule has 2 aromatic carbocycles. The Kier molecular flexibility index (Phi) is 6.45. The smallest absolute Gasteiger partial charge is 0.133 e. The van der Waals surface area contributed by atoms with Gasteiger partial charge in [-0.25, -0.2) is 9.29 Å². The fourth-order valence-electron chi connectivity index (χ4n) is 3.45. The topological polar surface area (TPSA) is 40.6 Å². The van der Waals surface area contributed by atoms with Gasteiger partial charge in [-0.1, -0.05) is 17.7 Å². The summed E-state index contributed by atoms with van der Waals surface area (Å²) in [4.78, 5) is 8.49. The zero-order valence-corrected chi connectivity index (χ0v) is 18.6. The zero-order chi connectivity index (χ0) is 20.9. The molecule has 1 aliphatic rings. The van der Waals surface area contributed by atoms with Crippen molar-refractivity contribution in [2.75, 3.05) is 43.5 Å². The van der Waals surface area contributed by atoms with Gasteiger partial charge < -0.3 is 15.0 Å². The van der Waals surface area contributed by atoms with Crippen LogP contribution in [0.15, 0.2) is 65.6 Å². The largest absolute Gasteiger partial charge is 0.497 e. The van der Waals surface area contributed by atoms with Crippen LogP contribution in [-0.2, 0) is 0 Å². The lowest BCUT2D eigenvalue weighted by atomic mass is 10.2. The van der Waals surface area contributed by atoms with Gasteiger partial charge in [-0.15, -0.1) is 0 Å². The lowest BCUT2D eigenvalue weighted by Gasteiger charge is -2.34. The van der Waals surface area contributed by atoms with Crippen molar-refractivity contribution < 1.29 is 4.74 Å². The number of methoxy groups -OCH3 is 1. The van der Waals surface area contributed by atoms with Crippen molar-refractivity contribution in [2.45, 2.75) is 18.7 Å². The second kappa shape index (κ2) is 9.41.